The molecular weight excluding hydrogens is 452 g/mol. The Morgan fingerprint density at radius 2 is 1.51 bits per heavy atom. The highest BCUT2D eigenvalue weighted by molar-refractivity contribution is 6.08. The number of benzene rings is 1. The minimum absolute atomic E-state index is 0.00338. The number of aromatic amines is 1. The molecular formula is C25H38N4O6. The highest BCUT2D eigenvalue weighted by Gasteiger charge is 2.28. The number of nitrogen functional groups attached to an aromatic ring is 1. The van der Waals surface area contributed by atoms with Crippen LogP contribution in [0.2, 0.25) is 0 Å². The molecule has 35 heavy (non-hydrogen) atoms. The standard InChI is InChI=1S/C25H38N4O6/c1-8-33-18-11-17(12-19(34-9-2)21(18)35-10-3)24(31)28(13-15(4)5)20-22(26)29(14-16(6)7)25(32)27-23(20)30/h11-12,15-16H,8-10,13-14,26H2,1-7H3,(H,27,30,32). The van der Waals surface area contributed by atoms with Crippen LogP contribution in [0.25, 0.3) is 0 Å². The Morgan fingerprint density at radius 1 is 0.971 bits per heavy atom. The molecule has 0 aliphatic rings. The lowest BCUT2D eigenvalue weighted by molar-refractivity contribution is 0.0982. The number of aromatic nitrogens is 2. The van der Waals surface area contributed by atoms with Crippen molar-refractivity contribution < 1.29 is 19.0 Å². The van der Waals surface area contributed by atoms with Gasteiger partial charge in [0.05, 0.1) is 19.8 Å². The molecule has 0 radical (unpaired) electrons. The molecule has 10 heteroatoms. The van der Waals surface area contributed by atoms with E-state index in [0.717, 1.165) is 0 Å². The average molecular weight is 491 g/mol. The van der Waals surface area contributed by atoms with Crippen LogP contribution >= 0.6 is 0 Å². The SMILES string of the molecule is CCOc1cc(C(=O)N(CC(C)C)c2c(N)n(CC(C)C)c(=O)[nH]c2=O)cc(OCC)c1OCC. The first-order valence-corrected chi connectivity index (χ1v) is 12.1. The number of carbonyl (C=O) groups is 1. The Hall–Kier alpha value is -3.43. The van der Waals surface area contributed by atoms with Crippen molar-refractivity contribution in [3.63, 3.8) is 0 Å². The van der Waals surface area contributed by atoms with E-state index in [2.05, 4.69) is 4.98 Å². The summed E-state index contributed by atoms with van der Waals surface area (Å²) in [6, 6.07) is 3.14. The van der Waals surface area contributed by atoms with Crippen molar-refractivity contribution in [2.75, 3.05) is 37.0 Å². The number of H-pyrrole nitrogens is 1. The summed E-state index contributed by atoms with van der Waals surface area (Å²) in [6.45, 7) is 14.8. The van der Waals surface area contributed by atoms with Crippen LogP contribution in [0, 0.1) is 11.8 Å². The monoisotopic (exact) mass is 490 g/mol. The number of hydrogen-bond donors (Lipinski definition) is 2. The van der Waals surface area contributed by atoms with Gasteiger partial charge in [0.25, 0.3) is 11.5 Å². The predicted octanol–water partition coefficient (Wildman–Crippen LogP) is 3.27. The molecule has 0 atom stereocenters. The highest BCUT2D eigenvalue weighted by atomic mass is 16.5. The number of rotatable bonds is 12. The lowest BCUT2D eigenvalue weighted by atomic mass is 10.1. The summed E-state index contributed by atoms with van der Waals surface area (Å²) < 4.78 is 18.5. The molecule has 0 fully saturated rings. The van der Waals surface area contributed by atoms with E-state index in [1.807, 2.05) is 48.5 Å². The van der Waals surface area contributed by atoms with Crippen LogP contribution in [-0.4, -0.2) is 41.8 Å². The van der Waals surface area contributed by atoms with Crippen molar-refractivity contribution in [1.82, 2.24) is 9.55 Å². The largest absolute Gasteiger partial charge is 0.490 e. The smallest absolute Gasteiger partial charge is 0.330 e. The van der Waals surface area contributed by atoms with E-state index in [1.54, 1.807) is 12.1 Å². The molecule has 1 aromatic heterocycles. The lowest BCUT2D eigenvalue weighted by Crippen LogP contribution is -2.43. The number of hydrogen-bond acceptors (Lipinski definition) is 7. The summed E-state index contributed by atoms with van der Waals surface area (Å²) in [5.74, 6) is 0.698. The molecule has 194 valence electrons. The number of nitrogens with one attached hydrogen (secondary N) is 1. The quantitative estimate of drug-likeness (QED) is 0.467. The van der Waals surface area contributed by atoms with E-state index in [0.29, 0.717) is 43.6 Å². The molecule has 1 amide bonds. The molecule has 3 N–H and O–H groups in total. The van der Waals surface area contributed by atoms with Crippen LogP contribution in [0.15, 0.2) is 21.7 Å². The molecule has 1 aromatic carbocycles. The first-order chi connectivity index (χ1) is 16.5. The third-order valence-electron chi connectivity index (χ3n) is 4.98. The van der Waals surface area contributed by atoms with E-state index in [4.69, 9.17) is 19.9 Å². The molecule has 0 saturated carbocycles. The molecule has 2 aromatic rings. The van der Waals surface area contributed by atoms with E-state index in [9.17, 15) is 14.4 Å². The lowest BCUT2D eigenvalue weighted by Gasteiger charge is -2.27. The normalized spacial score (nSPS) is 11.1. The topological polar surface area (TPSA) is 129 Å². The minimum atomic E-state index is -0.720. The Balaban J connectivity index is 2.74. The van der Waals surface area contributed by atoms with E-state index in [1.165, 1.54) is 9.47 Å². The van der Waals surface area contributed by atoms with Gasteiger partial charge < -0.3 is 24.8 Å². The van der Waals surface area contributed by atoms with Gasteiger partial charge in [-0.1, -0.05) is 27.7 Å². The second-order valence-corrected chi connectivity index (χ2v) is 8.91. The molecule has 0 unspecified atom stereocenters. The van der Waals surface area contributed by atoms with Crippen molar-refractivity contribution >= 4 is 17.4 Å². The summed E-state index contributed by atoms with van der Waals surface area (Å²) >= 11 is 0. The van der Waals surface area contributed by atoms with E-state index >= 15 is 0 Å². The average Bonchev–Trinajstić information content (AvgIpc) is 2.77. The van der Waals surface area contributed by atoms with Gasteiger partial charge in [-0.25, -0.2) is 4.79 Å². The van der Waals surface area contributed by atoms with Crippen molar-refractivity contribution in [2.45, 2.75) is 55.0 Å². The van der Waals surface area contributed by atoms with Gasteiger partial charge >= 0.3 is 5.69 Å². The first-order valence-electron chi connectivity index (χ1n) is 12.1. The number of anilines is 2. The van der Waals surface area contributed by atoms with E-state index < -0.39 is 17.2 Å². The zero-order chi connectivity index (χ0) is 26.3. The summed E-state index contributed by atoms with van der Waals surface area (Å²) in [4.78, 5) is 42.9. The van der Waals surface area contributed by atoms with Crippen LogP contribution in [0.5, 0.6) is 17.2 Å². The van der Waals surface area contributed by atoms with Gasteiger partial charge in [0.1, 0.15) is 5.82 Å². The third kappa shape index (κ3) is 6.58. The summed E-state index contributed by atoms with van der Waals surface area (Å²) in [7, 11) is 0. The molecule has 0 saturated heterocycles. The first kappa shape index (κ1) is 27.8. The van der Waals surface area contributed by atoms with Crippen LogP contribution in [0.4, 0.5) is 11.5 Å². The van der Waals surface area contributed by atoms with Crippen LogP contribution < -0.4 is 36.1 Å². The van der Waals surface area contributed by atoms with Gasteiger partial charge in [0.15, 0.2) is 17.2 Å². The Bertz CT molecular complexity index is 1110. The molecule has 0 aliphatic heterocycles. The van der Waals surface area contributed by atoms with Gasteiger partial charge in [-0.2, -0.15) is 0 Å². The van der Waals surface area contributed by atoms with Gasteiger partial charge in [-0.05, 0) is 44.7 Å². The summed E-state index contributed by atoms with van der Waals surface area (Å²) in [5.41, 5.74) is 5.17. The van der Waals surface area contributed by atoms with Crippen LogP contribution in [0.1, 0.15) is 58.8 Å². The minimum Gasteiger partial charge on any atom is -0.490 e. The fourth-order valence-corrected chi connectivity index (χ4v) is 3.69. The Morgan fingerprint density at radius 3 is 1.97 bits per heavy atom. The second kappa shape index (κ2) is 12.3. The maximum atomic E-state index is 13.9. The number of carbonyl (C=O) groups excluding carboxylic acids is 1. The maximum absolute atomic E-state index is 13.9. The number of ether oxygens (including phenoxy) is 3. The Labute approximate surface area is 206 Å². The van der Waals surface area contributed by atoms with Crippen LogP contribution in [-0.2, 0) is 6.54 Å². The van der Waals surface area contributed by atoms with E-state index in [-0.39, 0.29) is 35.4 Å². The van der Waals surface area contributed by atoms with Gasteiger partial charge in [0.2, 0.25) is 5.75 Å². The van der Waals surface area contributed by atoms with Gasteiger partial charge in [0, 0.05) is 18.7 Å². The molecule has 0 spiro atoms. The fraction of sp³-hybridized carbons (Fsp3) is 0.560. The zero-order valence-corrected chi connectivity index (χ0v) is 21.8. The molecule has 10 nitrogen and oxygen atoms in total. The molecule has 2 rings (SSSR count). The number of nitrogens with two attached hydrogens (primary N) is 1. The number of nitrogens with zero attached hydrogens (tertiary/aromatic N) is 2. The fourth-order valence-electron chi connectivity index (χ4n) is 3.69. The van der Waals surface area contributed by atoms with Crippen LogP contribution in [0.3, 0.4) is 0 Å². The third-order valence-corrected chi connectivity index (χ3v) is 4.98. The van der Waals surface area contributed by atoms with Crippen molar-refractivity contribution in [2.24, 2.45) is 11.8 Å². The van der Waals surface area contributed by atoms with Crippen molar-refractivity contribution in [1.29, 1.82) is 0 Å². The van der Waals surface area contributed by atoms with Crippen molar-refractivity contribution in [3.8, 4) is 17.2 Å². The number of amides is 1. The summed E-state index contributed by atoms with van der Waals surface area (Å²) in [6.07, 6.45) is 0. The molecule has 1 heterocycles. The van der Waals surface area contributed by atoms with Gasteiger partial charge in [-0.3, -0.25) is 19.1 Å². The molecule has 0 bridgehead atoms. The highest BCUT2D eigenvalue weighted by Crippen LogP contribution is 2.39. The predicted molar refractivity (Wildman–Crippen MR) is 137 cm³/mol. The van der Waals surface area contributed by atoms with Crippen molar-refractivity contribution in [3.05, 3.63) is 38.5 Å². The molecule has 0 aliphatic carbocycles. The Kier molecular flexibility index (Phi) is 9.79. The second-order valence-electron chi connectivity index (χ2n) is 8.91. The zero-order valence-electron chi connectivity index (χ0n) is 21.8. The van der Waals surface area contributed by atoms with Gasteiger partial charge in [-0.15, -0.1) is 0 Å². The maximum Gasteiger partial charge on any atom is 0.330 e. The summed E-state index contributed by atoms with van der Waals surface area (Å²) in [5, 5.41) is 0.